The molecule has 0 bridgehead atoms. The molecule has 0 aliphatic heterocycles. The van der Waals surface area contributed by atoms with E-state index in [0.717, 1.165) is 25.2 Å². The van der Waals surface area contributed by atoms with Crippen LogP contribution in [0.25, 0.3) is 5.57 Å². The van der Waals surface area contributed by atoms with Crippen LogP contribution in [0.1, 0.15) is 37.1 Å². The first kappa shape index (κ1) is 12.0. The normalized spacial score (nSPS) is 15.1. The molecule has 0 spiro atoms. The zero-order valence-electron chi connectivity index (χ0n) is 10.9. The average molecular weight is 254 g/mol. The van der Waals surface area contributed by atoms with Gasteiger partial charge < -0.3 is 5.32 Å². The van der Waals surface area contributed by atoms with Gasteiger partial charge in [-0.15, -0.1) is 5.10 Å². The van der Waals surface area contributed by atoms with Gasteiger partial charge in [0.2, 0.25) is 5.95 Å². The van der Waals surface area contributed by atoms with Gasteiger partial charge in [-0.3, -0.25) is 5.10 Å². The lowest BCUT2D eigenvalue weighted by Gasteiger charge is -2.08. The molecule has 0 radical (unpaired) electrons. The Labute approximate surface area is 113 Å². The van der Waals surface area contributed by atoms with Gasteiger partial charge in [0.05, 0.1) is 0 Å². The van der Waals surface area contributed by atoms with Crippen molar-refractivity contribution in [2.75, 3.05) is 5.32 Å². The van der Waals surface area contributed by atoms with Crippen LogP contribution in [0.2, 0.25) is 0 Å². The van der Waals surface area contributed by atoms with Gasteiger partial charge in [0.15, 0.2) is 5.82 Å². The predicted molar refractivity (Wildman–Crippen MR) is 76.6 cm³/mol. The molecule has 4 nitrogen and oxygen atoms in total. The topological polar surface area (TPSA) is 53.6 Å². The molecule has 0 saturated carbocycles. The average Bonchev–Trinajstić information content (AvgIpc) is 2.96. The molecule has 0 unspecified atom stereocenters. The van der Waals surface area contributed by atoms with Crippen LogP contribution in [0.5, 0.6) is 0 Å². The predicted octanol–water partition coefficient (Wildman–Crippen LogP) is 3.37. The third kappa shape index (κ3) is 3.02. The summed E-state index contributed by atoms with van der Waals surface area (Å²) in [6, 6.07) is 10.3. The van der Waals surface area contributed by atoms with Crippen LogP contribution in [0.15, 0.2) is 36.4 Å². The van der Waals surface area contributed by atoms with Crippen LogP contribution in [0.3, 0.4) is 0 Å². The molecule has 1 aromatic carbocycles. The molecule has 1 heterocycles. The monoisotopic (exact) mass is 254 g/mol. The van der Waals surface area contributed by atoms with Crippen LogP contribution in [-0.4, -0.2) is 15.2 Å². The molecule has 3 rings (SSSR count). The standard InChI is InChI=1S/C15H18N4/c1-3-7-12(8-4-1)11-16-15-17-14(18-19-15)13-9-5-2-6-10-13/h1,3-4,7-9H,2,5-6,10-11H2,(H2,16,17,18,19). The van der Waals surface area contributed by atoms with Crippen molar-refractivity contribution >= 4 is 11.5 Å². The molecule has 4 heteroatoms. The molecule has 1 aliphatic rings. The number of anilines is 1. The minimum atomic E-state index is 0.672. The Kier molecular flexibility index (Phi) is 3.58. The van der Waals surface area contributed by atoms with Gasteiger partial charge in [-0.1, -0.05) is 36.4 Å². The Bertz CT molecular complexity index is 557. The van der Waals surface area contributed by atoms with E-state index in [-0.39, 0.29) is 0 Å². The number of aromatic nitrogens is 3. The fourth-order valence-corrected chi connectivity index (χ4v) is 2.31. The van der Waals surface area contributed by atoms with Gasteiger partial charge >= 0.3 is 0 Å². The fraction of sp³-hybridized carbons (Fsp3) is 0.333. The van der Waals surface area contributed by atoms with Crippen molar-refractivity contribution in [1.82, 2.24) is 15.2 Å². The lowest BCUT2D eigenvalue weighted by molar-refractivity contribution is 0.737. The maximum atomic E-state index is 4.50. The quantitative estimate of drug-likeness (QED) is 0.879. The number of allylic oxidation sites excluding steroid dienone is 2. The van der Waals surface area contributed by atoms with Crippen molar-refractivity contribution in [2.24, 2.45) is 0 Å². The molecule has 0 fully saturated rings. The highest BCUT2D eigenvalue weighted by Crippen LogP contribution is 2.24. The summed E-state index contributed by atoms with van der Waals surface area (Å²) in [6.07, 6.45) is 7.07. The maximum absolute atomic E-state index is 4.50. The number of H-pyrrole nitrogens is 1. The zero-order chi connectivity index (χ0) is 12.9. The molecule has 98 valence electrons. The van der Waals surface area contributed by atoms with E-state index in [4.69, 9.17) is 0 Å². The van der Waals surface area contributed by atoms with Crippen molar-refractivity contribution in [2.45, 2.75) is 32.2 Å². The highest BCUT2D eigenvalue weighted by atomic mass is 15.3. The minimum absolute atomic E-state index is 0.672. The van der Waals surface area contributed by atoms with Crippen LogP contribution >= 0.6 is 0 Å². The summed E-state index contributed by atoms with van der Waals surface area (Å²) in [4.78, 5) is 4.50. The molecule has 1 aromatic heterocycles. The largest absolute Gasteiger partial charge is 0.349 e. The zero-order valence-corrected chi connectivity index (χ0v) is 10.9. The number of nitrogens with zero attached hydrogens (tertiary/aromatic N) is 2. The van der Waals surface area contributed by atoms with Crippen LogP contribution in [0, 0.1) is 0 Å². The molecule has 0 amide bonds. The first-order chi connectivity index (χ1) is 9.42. The van der Waals surface area contributed by atoms with Crippen molar-refractivity contribution in [1.29, 1.82) is 0 Å². The molecular formula is C15H18N4. The Balaban J connectivity index is 1.63. The summed E-state index contributed by atoms with van der Waals surface area (Å²) in [5.41, 5.74) is 2.53. The molecule has 2 aromatic rings. The van der Waals surface area contributed by atoms with Crippen molar-refractivity contribution in [3.05, 3.63) is 47.8 Å². The number of hydrogen-bond acceptors (Lipinski definition) is 3. The highest BCUT2D eigenvalue weighted by Gasteiger charge is 2.10. The minimum Gasteiger partial charge on any atom is -0.349 e. The van der Waals surface area contributed by atoms with Crippen LogP contribution in [-0.2, 0) is 6.54 Å². The highest BCUT2D eigenvalue weighted by molar-refractivity contribution is 5.61. The second-order valence-electron chi connectivity index (χ2n) is 4.82. The summed E-state index contributed by atoms with van der Waals surface area (Å²) in [5.74, 6) is 1.58. The van der Waals surface area contributed by atoms with Gasteiger partial charge in [-0.2, -0.15) is 4.98 Å². The third-order valence-electron chi connectivity index (χ3n) is 3.37. The van der Waals surface area contributed by atoms with Gasteiger partial charge in [0.25, 0.3) is 0 Å². The third-order valence-corrected chi connectivity index (χ3v) is 3.37. The van der Waals surface area contributed by atoms with Crippen LogP contribution in [0.4, 0.5) is 5.95 Å². The molecule has 1 aliphatic carbocycles. The van der Waals surface area contributed by atoms with Crippen molar-refractivity contribution in [3.8, 4) is 0 Å². The molecule has 2 N–H and O–H groups in total. The van der Waals surface area contributed by atoms with E-state index in [1.165, 1.54) is 24.0 Å². The molecular weight excluding hydrogens is 236 g/mol. The first-order valence-corrected chi connectivity index (χ1v) is 6.81. The van der Waals surface area contributed by atoms with E-state index in [1.807, 2.05) is 18.2 Å². The SMILES string of the molecule is C1=C(c2nc(NCc3ccccc3)n[nH]2)CCCC1. The Morgan fingerprint density at radius 1 is 1.16 bits per heavy atom. The van der Waals surface area contributed by atoms with E-state index in [1.54, 1.807) is 0 Å². The van der Waals surface area contributed by atoms with E-state index in [9.17, 15) is 0 Å². The van der Waals surface area contributed by atoms with E-state index >= 15 is 0 Å². The Hall–Kier alpha value is -2.10. The van der Waals surface area contributed by atoms with Gasteiger partial charge in [-0.05, 0) is 36.8 Å². The van der Waals surface area contributed by atoms with E-state index < -0.39 is 0 Å². The smallest absolute Gasteiger partial charge is 0.242 e. The number of nitrogens with one attached hydrogen (secondary N) is 2. The molecule has 0 atom stereocenters. The number of rotatable bonds is 4. The summed E-state index contributed by atoms with van der Waals surface area (Å²) >= 11 is 0. The van der Waals surface area contributed by atoms with E-state index in [2.05, 4.69) is 38.7 Å². The maximum Gasteiger partial charge on any atom is 0.242 e. The molecule has 0 saturated heterocycles. The number of benzene rings is 1. The lowest BCUT2D eigenvalue weighted by atomic mass is 9.99. The first-order valence-electron chi connectivity index (χ1n) is 6.81. The fourth-order valence-electron chi connectivity index (χ4n) is 2.31. The lowest BCUT2D eigenvalue weighted by Crippen LogP contribution is -2.00. The second-order valence-corrected chi connectivity index (χ2v) is 4.82. The summed E-state index contributed by atoms with van der Waals surface area (Å²) in [5, 5.41) is 10.5. The van der Waals surface area contributed by atoms with Gasteiger partial charge in [0, 0.05) is 6.54 Å². The number of hydrogen-bond donors (Lipinski definition) is 2. The van der Waals surface area contributed by atoms with Crippen molar-refractivity contribution < 1.29 is 0 Å². The summed E-state index contributed by atoms with van der Waals surface area (Å²) < 4.78 is 0. The van der Waals surface area contributed by atoms with Gasteiger partial charge in [0.1, 0.15) is 0 Å². The van der Waals surface area contributed by atoms with E-state index in [0.29, 0.717) is 5.95 Å². The Morgan fingerprint density at radius 2 is 2.05 bits per heavy atom. The molecule has 19 heavy (non-hydrogen) atoms. The Morgan fingerprint density at radius 3 is 2.84 bits per heavy atom. The summed E-state index contributed by atoms with van der Waals surface area (Å²) in [7, 11) is 0. The van der Waals surface area contributed by atoms with Gasteiger partial charge in [-0.25, -0.2) is 0 Å². The number of aromatic amines is 1. The summed E-state index contributed by atoms with van der Waals surface area (Å²) in [6.45, 7) is 0.747. The van der Waals surface area contributed by atoms with Crippen molar-refractivity contribution in [3.63, 3.8) is 0 Å². The second kappa shape index (κ2) is 5.69. The van der Waals surface area contributed by atoms with Crippen LogP contribution < -0.4 is 5.32 Å².